The normalized spacial score (nSPS) is 14.3. The maximum Gasteiger partial charge on any atom is 2.00 e. The molecule has 0 saturated heterocycles. The van der Waals surface area contributed by atoms with Gasteiger partial charge in [-0.3, -0.25) is 4.68 Å². The van der Waals surface area contributed by atoms with Gasteiger partial charge >= 0.3 is 21.1 Å². The van der Waals surface area contributed by atoms with Crippen molar-refractivity contribution in [2.45, 2.75) is 13.0 Å². The molecule has 0 atom stereocenters. The maximum atomic E-state index is 11.1. The first-order valence-electron chi connectivity index (χ1n) is 3.61. The molecular formula is C8H11N3OW. The summed E-state index contributed by atoms with van der Waals surface area (Å²) < 4.78 is 1.71. The Morgan fingerprint density at radius 2 is 2.31 bits per heavy atom. The van der Waals surface area contributed by atoms with E-state index in [-0.39, 0.29) is 34.4 Å². The standard InChI is InChI=1S/C7H9N3O.CH3.W/c11-7-6-2-4-9-10(6)5-1-3-8-7;;/h2,4H,1,3,5H2,(H,8,11);1H3;/q;-1;+2/p-1. The van der Waals surface area contributed by atoms with Gasteiger partial charge < -0.3 is 17.5 Å². The number of hydrogen-bond donors (Lipinski definition) is 0. The molecule has 1 aromatic rings. The minimum Gasteiger partial charge on any atom is -0.648 e. The molecule has 0 saturated carbocycles. The van der Waals surface area contributed by atoms with Crippen molar-refractivity contribution in [3.63, 3.8) is 0 Å². The zero-order chi connectivity index (χ0) is 7.68. The molecule has 1 aromatic heterocycles. The van der Waals surface area contributed by atoms with E-state index in [4.69, 9.17) is 0 Å². The average molecular weight is 349 g/mol. The number of nitrogens with zero attached hydrogens (tertiary/aromatic N) is 3. The molecule has 0 radical (unpaired) electrons. The van der Waals surface area contributed by atoms with E-state index in [1.54, 1.807) is 16.9 Å². The SMILES string of the molecule is O=C1[N-]CCCn2nccc21.[CH3-].[W+2]. The third kappa shape index (κ3) is 2.40. The molecule has 1 amide bonds. The molecule has 0 aromatic carbocycles. The molecule has 0 bridgehead atoms. The number of carbonyl (C=O) groups excluding carboxylic acids is 1. The fourth-order valence-corrected chi connectivity index (χ4v) is 1.17. The molecule has 0 N–H and O–H groups in total. The van der Waals surface area contributed by atoms with Gasteiger partial charge in [-0.05, 0) is 12.5 Å². The van der Waals surface area contributed by atoms with Gasteiger partial charge in [0.05, 0.1) is 5.69 Å². The quantitative estimate of drug-likeness (QED) is 0.662. The van der Waals surface area contributed by atoms with Crippen molar-refractivity contribution in [3.8, 4) is 0 Å². The van der Waals surface area contributed by atoms with Crippen LogP contribution in [0, 0.1) is 7.43 Å². The van der Waals surface area contributed by atoms with Gasteiger partial charge in [-0.15, -0.1) is 6.54 Å². The summed E-state index contributed by atoms with van der Waals surface area (Å²) in [4.78, 5) is 11.1. The predicted octanol–water partition coefficient (Wildman–Crippen LogP) is 1.25. The summed E-state index contributed by atoms with van der Waals surface area (Å²) in [5.41, 5.74) is 0.613. The van der Waals surface area contributed by atoms with Crippen LogP contribution < -0.4 is 0 Å². The molecule has 0 aliphatic carbocycles. The summed E-state index contributed by atoms with van der Waals surface area (Å²) in [6.45, 7) is 1.43. The molecule has 4 nitrogen and oxygen atoms in total. The summed E-state index contributed by atoms with van der Waals surface area (Å²) in [5, 5.41) is 7.84. The van der Waals surface area contributed by atoms with Crippen molar-refractivity contribution >= 4 is 5.91 Å². The van der Waals surface area contributed by atoms with Crippen LogP contribution in [0.4, 0.5) is 0 Å². The smallest absolute Gasteiger partial charge is 0.648 e. The van der Waals surface area contributed by atoms with Crippen LogP contribution >= 0.6 is 0 Å². The Labute approximate surface area is 92.0 Å². The third-order valence-corrected chi connectivity index (χ3v) is 1.72. The van der Waals surface area contributed by atoms with Gasteiger partial charge in [0.1, 0.15) is 5.91 Å². The predicted molar refractivity (Wildman–Crippen MR) is 45.8 cm³/mol. The molecule has 1 aliphatic rings. The van der Waals surface area contributed by atoms with E-state index >= 15 is 0 Å². The van der Waals surface area contributed by atoms with Gasteiger partial charge in [-0.25, -0.2) is 0 Å². The minimum atomic E-state index is -0.139. The van der Waals surface area contributed by atoms with Crippen LogP contribution in [-0.4, -0.2) is 22.2 Å². The number of fused-ring (bicyclic) bond motifs is 1. The van der Waals surface area contributed by atoms with Gasteiger partial charge in [-0.1, -0.05) is 0 Å². The summed E-state index contributed by atoms with van der Waals surface area (Å²) in [6.07, 6.45) is 2.54. The molecule has 2 heterocycles. The van der Waals surface area contributed by atoms with Gasteiger partial charge in [-0.2, -0.15) is 5.10 Å². The second-order valence-corrected chi connectivity index (χ2v) is 2.48. The Morgan fingerprint density at radius 1 is 1.54 bits per heavy atom. The second-order valence-electron chi connectivity index (χ2n) is 2.48. The monoisotopic (exact) mass is 349 g/mol. The van der Waals surface area contributed by atoms with Crippen molar-refractivity contribution in [2.24, 2.45) is 0 Å². The van der Waals surface area contributed by atoms with Crippen LogP contribution in [0.15, 0.2) is 12.3 Å². The van der Waals surface area contributed by atoms with Crippen LogP contribution in [0.25, 0.3) is 5.32 Å². The van der Waals surface area contributed by atoms with E-state index in [1.165, 1.54) is 0 Å². The Kier molecular flexibility index (Phi) is 4.92. The van der Waals surface area contributed by atoms with Gasteiger partial charge in [0.2, 0.25) is 0 Å². The molecule has 0 fully saturated rings. The summed E-state index contributed by atoms with van der Waals surface area (Å²) in [7, 11) is 0. The Balaban J connectivity index is 0.000000720. The number of hydrogen-bond acceptors (Lipinski definition) is 2. The molecule has 1 aliphatic heterocycles. The van der Waals surface area contributed by atoms with Crippen molar-refractivity contribution in [1.82, 2.24) is 9.78 Å². The molecule has 13 heavy (non-hydrogen) atoms. The van der Waals surface area contributed by atoms with Crippen LogP contribution in [0.5, 0.6) is 0 Å². The van der Waals surface area contributed by atoms with E-state index < -0.39 is 0 Å². The zero-order valence-corrected chi connectivity index (χ0v) is 10.4. The number of rotatable bonds is 0. The van der Waals surface area contributed by atoms with Crippen LogP contribution in [0.2, 0.25) is 0 Å². The molecule has 0 spiro atoms. The zero-order valence-electron chi connectivity index (χ0n) is 7.43. The largest absolute Gasteiger partial charge is 2.00 e. The van der Waals surface area contributed by atoms with Gasteiger partial charge in [0, 0.05) is 12.7 Å². The number of amides is 1. The molecular weight excluding hydrogens is 338 g/mol. The van der Waals surface area contributed by atoms with E-state index in [9.17, 15) is 4.79 Å². The first kappa shape index (κ1) is 12.4. The van der Waals surface area contributed by atoms with Gasteiger partial charge in [0.25, 0.3) is 0 Å². The van der Waals surface area contributed by atoms with Crippen LogP contribution in [-0.2, 0) is 27.6 Å². The first-order valence-corrected chi connectivity index (χ1v) is 3.61. The maximum absolute atomic E-state index is 11.1. The summed E-state index contributed by atoms with van der Waals surface area (Å²) >= 11 is 0. The fourth-order valence-electron chi connectivity index (χ4n) is 1.17. The van der Waals surface area contributed by atoms with E-state index in [0.29, 0.717) is 12.2 Å². The van der Waals surface area contributed by atoms with Crippen molar-refractivity contribution in [3.05, 3.63) is 30.7 Å². The fraction of sp³-hybridized carbons (Fsp3) is 0.375. The minimum absolute atomic E-state index is 0. The third-order valence-electron chi connectivity index (χ3n) is 1.72. The Morgan fingerprint density at radius 3 is 3.08 bits per heavy atom. The summed E-state index contributed by atoms with van der Waals surface area (Å²) in [6, 6.07) is 1.71. The number of carbonyl (C=O) groups is 1. The molecule has 0 unspecified atom stereocenters. The molecule has 70 valence electrons. The van der Waals surface area contributed by atoms with Crippen molar-refractivity contribution in [1.29, 1.82) is 0 Å². The van der Waals surface area contributed by atoms with E-state index in [1.807, 2.05) is 0 Å². The second kappa shape index (κ2) is 5.17. The first-order chi connectivity index (χ1) is 5.38. The topological polar surface area (TPSA) is 49.0 Å². The molecule has 2 rings (SSSR count). The Bertz CT molecular complexity index is 285. The van der Waals surface area contributed by atoms with Gasteiger partial charge in [0.15, 0.2) is 0 Å². The average Bonchev–Trinajstić information content (AvgIpc) is 2.40. The van der Waals surface area contributed by atoms with Crippen LogP contribution in [0.3, 0.4) is 0 Å². The van der Waals surface area contributed by atoms with E-state index in [2.05, 4.69) is 10.4 Å². The van der Waals surface area contributed by atoms with E-state index in [0.717, 1.165) is 13.0 Å². The van der Waals surface area contributed by atoms with Crippen molar-refractivity contribution in [2.75, 3.05) is 6.54 Å². The van der Waals surface area contributed by atoms with Crippen molar-refractivity contribution < 1.29 is 25.9 Å². The molecule has 5 heteroatoms. The Hall–Kier alpha value is -0.632. The number of aryl methyl sites for hydroxylation is 1. The number of aromatic nitrogens is 2. The summed E-state index contributed by atoms with van der Waals surface area (Å²) in [5.74, 6) is -0.139. The van der Waals surface area contributed by atoms with Crippen LogP contribution in [0.1, 0.15) is 16.9 Å².